The van der Waals surface area contributed by atoms with Gasteiger partial charge < -0.3 is 30.6 Å². The third-order valence-electron chi connectivity index (χ3n) is 9.30. The number of carbonyl (C=O) groups excluding carboxylic acids is 4. The number of H-pyrrole nitrogens is 1. The van der Waals surface area contributed by atoms with Gasteiger partial charge in [0.1, 0.15) is 30.3 Å². The highest BCUT2D eigenvalue weighted by Gasteiger charge is 2.36. The Hall–Kier alpha value is -5.19. The first-order valence-electron chi connectivity index (χ1n) is 16.3. The lowest BCUT2D eigenvalue weighted by Gasteiger charge is -2.31. The molecule has 2 aliphatic heterocycles. The van der Waals surface area contributed by atoms with Crippen LogP contribution in [0, 0.1) is 5.82 Å². The topological polar surface area (TPSA) is 133 Å². The van der Waals surface area contributed by atoms with Gasteiger partial charge >= 0.3 is 0 Å². The van der Waals surface area contributed by atoms with Crippen LogP contribution in [-0.4, -0.2) is 71.3 Å². The fourth-order valence-corrected chi connectivity index (χ4v) is 6.50. The molecule has 4 amide bonds. The van der Waals surface area contributed by atoms with Crippen molar-refractivity contribution >= 4 is 34.5 Å². The van der Waals surface area contributed by atoms with E-state index in [1.807, 2.05) is 44.3 Å². The van der Waals surface area contributed by atoms with Crippen LogP contribution >= 0.6 is 0 Å². The first-order chi connectivity index (χ1) is 23.1. The summed E-state index contributed by atoms with van der Waals surface area (Å²) in [7, 11) is 0. The molecule has 10 nitrogen and oxygen atoms in total. The van der Waals surface area contributed by atoms with Gasteiger partial charge in [-0.2, -0.15) is 0 Å². The number of nitrogens with one attached hydrogen (secondary N) is 4. The SMILES string of the molecule is CC(C)(CNC(=O)[C@@H]1CC(=O)N[C@@H](Cc2c[nH]c3ccccc23)C(=O)N2CCC[C@@H]2COc2ccccc2C(=O)N1)c1ccc(F)cc1. The number of para-hydroxylation sites is 2. The van der Waals surface area contributed by atoms with Gasteiger partial charge in [0.15, 0.2) is 0 Å². The van der Waals surface area contributed by atoms with Crippen molar-refractivity contribution in [2.24, 2.45) is 0 Å². The highest BCUT2D eigenvalue weighted by atomic mass is 19.1. The fourth-order valence-electron chi connectivity index (χ4n) is 6.50. The molecule has 1 saturated heterocycles. The van der Waals surface area contributed by atoms with E-state index in [2.05, 4.69) is 20.9 Å². The molecular formula is C37H40FN5O5. The van der Waals surface area contributed by atoms with Gasteiger partial charge in [0.2, 0.25) is 17.7 Å². The summed E-state index contributed by atoms with van der Waals surface area (Å²) < 4.78 is 19.7. The Kier molecular flexibility index (Phi) is 9.47. The summed E-state index contributed by atoms with van der Waals surface area (Å²) in [6, 6.07) is 18.1. The van der Waals surface area contributed by atoms with Crippen LogP contribution in [0.1, 0.15) is 54.6 Å². The number of ether oxygens (including phenoxy) is 1. The molecule has 4 N–H and O–H groups in total. The Bertz CT molecular complexity index is 1820. The molecule has 3 aromatic carbocycles. The van der Waals surface area contributed by atoms with Crippen LogP contribution in [0.5, 0.6) is 5.75 Å². The molecule has 0 aliphatic carbocycles. The van der Waals surface area contributed by atoms with Crippen molar-refractivity contribution in [3.63, 3.8) is 0 Å². The van der Waals surface area contributed by atoms with E-state index in [-0.39, 0.29) is 42.9 Å². The Morgan fingerprint density at radius 3 is 2.56 bits per heavy atom. The van der Waals surface area contributed by atoms with Crippen LogP contribution in [0.2, 0.25) is 0 Å². The second-order valence-corrected chi connectivity index (χ2v) is 13.2. The van der Waals surface area contributed by atoms with Crippen molar-refractivity contribution in [3.05, 3.63) is 102 Å². The van der Waals surface area contributed by atoms with Crippen LogP contribution in [0.25, 0.3) is 10.9 Å². The standard InChI is InChI=1S/C37H40FN5O5/c1-37(2,24-13-15-25(38)16-14-24)22-40-35(46)30-19-33(44)41-31(18-23-20-39-29-11-5-3-9-27(23)29)36(47)43-17-7-8-26(43)21-48-32-12-6-4-10-28(32)34(45)42-30/h3-6,9-16,20,26,30-31,39H,7-8,17-19,21-22H2,1-2H3,(H,40,46)(H,41,44)(H,42,45)/t26-,30+,31+/m1/s1. The lowest BCUT2D eigenvalue weighted by molar-refractivity contribution is -0.138. The summed E-state index contributed by atoms with van der Waals surface area (Å²) in [5, 5.41) is 9.47. The number of nitrogens with zero attached hydrogens (tertiary/aromatic N) is 1. The molecule has 0 unspecified atom stereocenters. The van der Waals surface area contributed by atoms with Gasteiger partial charge in [-0.05, 0) is 54.3 Å². The lowest BCUT2D eigenvalue weighted by Crippen LogP contribution is -2.55. The molecule has 1 aromatic heterocycles. The predicted molar refractivity (Wildman–Crippen MR) is 179 cm³/mol. The maximum Gasteiger partial charge on any atom is 0.255 e. The van der Waals surface area contributed by atoms with Crippen LogP contribution < -0.4 is 20.7 Å². The number of hydrogen-bond acceptors (Lipinski definition) is 5. The molecule has 0 bridgehead atoms. The highest BCUT2D eigenvalue weighted by molar-refractivity contribution is 6.01. The summed E-state index contributed by atoms with van der Waals surface area (Å²) in [6.45, 7) is 4.65. The Morgan fingerprint density at radius 1 is 1.00 bits per heavy atom. The van der Waals surface area contributed by atoms with E-state index in [1.54, 1.807) is 41.3 Å². The van der Waals surface area contributed by atoms with Gasteiger partial charge in [0.25, 0.3) is 5.91 Å². The number of carbonyl (C=O) groups is 4. The summed E-state index contributed by atoms with van der Waals surface area (Å²) in [5.74, 6) is -1.96. The molecule has 6 rings (SSSR count). The monoisotopic (exact) mass is 653 g/mol. The lowest BCUT2D eigenvalue weighted by atomic mass is 9.84. The number of aromatic nitrogens is 1. The van der Waals surface area contributed by atoms with Crippen molar-refractivity contribution < 1.29 is 28.3 Å². The first-order valence-corrected chi connectivity index (χ1v) is 16.3. The Labute approximate surface area is 278 Å². The van der Waals surface area contributed by atoms with E-state index in [0.717, 1.165) is 34.9 Å². The van der Waals surface area contributed by atoms with Gasteiger partial charge in [-0.25, -0.2) is 4.39 Å². The zero-order valence-corrected chi connectivity index (χ0v) is 27.1. The normalized spacial score (nSPS) is 20.6. The maximum absolute atomic E-state index is 14.2. The van der Waals surface area contributed by atoms with Gasteiger partial charge in [-0.15, -0.1) is 0 Å². The molecule has 3 atom stereocenters. The summed E-state index contributed by atoms with van der Waals surface area (Å²) >= 11 is 0. The fraction of sp³-hybridized carbons (Fsp3) is 0.351. The molecule has 1 fully saturated rings. The zero-order chi connectivity index (χ0) is 33.8. The van der Waals surface area contributed by atoms with Gasteiger partial charge in [-0.1, -0.05) is 56.3 Å². The maximum atomic E-state index is 14.2. The van der Waals surface area contributed by atoms with Crippen molar-refractivity contribution in [3.8, 4) is 5.75 Å². The minimum absolute atomic E-state index is 0.156. The van der Waals surface area contributed by atoms with Crippen LogP contribution in [-0.2, 0) is 26.2 Å². The van der Waals surface area contributed by atoms with Crippen LogP contribution in [0.4, 0.5) is 4.39 Å². The zero-order valence-electron chi connectivity index (χ0n) is 27.1. The van der Waals surface area contributed by atoms with Gasteiger partial charge in [0.05, 0.1) is 18.0 Å². The molecule has 11 heteroatoms. The molecule has 250 valence electrons. The molecule has 48 heavy (non-hydrogen) atoms. The van der Waals surface area contributed by atoms with Crippen LogP contribution in [0.3, 0.4) is 0 Å². The molecule has 4 aromatic rings. The van der Waals surface area contributed by atoms with E-state index in [1.165, 1.54) is 12.1 Å². The number of amides is 4. The minimum atomic E-state index is -1.26. The predicted octanol–water partition coefficient (Wildman–Crippen LogP) is 4.00. The van der Waals surface area contributed by atoms with E-state index in [0.29, 0.717) is 12.3 Å². The van der Waals surface area contributed by atoms with Crippen molar-refractivity contribution in [1.29, 1.82) is 0 Å². The minimum Gasteiger partial charge on any atom is -0.491 e. The van der Waals surface area contributed by atoms with Crippen LogP contribution in [0.15, 0.2) is 79.0 Å². The molecule has 2 aliphatic rings. The summed E-state index contributed by atoms with van der Waals surface area (Å²) in [4.78, 5) is 60.2. The van der Waals surface area contributed by atoms with E-state index in [9.17, 15) is 23.6 Å². The number of halogens is 1. The molecular weight excluding hydrogens is 613 g/mol. The first kappa shape index (κ1) is 32.7. The summed E-state index contributed by atoms with van der Waals surface area (Å²) in [5.41, 5.74) is 2.23. The largest absolute Gasteiger partial charge is 0.491 e. The number of fused-ring (bicyclic) bond motifs is 3. The van der Waals surface area contributed by atoms with Crippen molar-refractivity contribution in [2.45, 2.75) is 63.1 Å². The second kappa shape index (κ2) is 13.9. The second-order valence-electron chi connectivity index (χ2n) is 13.2. The molecule has 0 spiro atoms. The average Bonchev–Trinajstić information content (AvgIpc) is 3.72. The number of hydrogen-bond donors (Lipinski definition) is 4. The van der Waals surface area contributed by atoms with E-state index >= 15 is 0 Å². The van der Waals surface area contributed by atoms with Gasteiger partial charge in [0, 0.05) is 42.0 Å². The third kappa shape index (κ3) is 7.20. The van der Waals surface area contributed by atoms with Gasteiger partial charge in [-0.3, -0.25) is 19.2 Å². The molecule has 0 radical (unpaired) electrons. The third-order valence-corrected chi connectivity index (χ3v) is 9.30. The van der Waals surface area contributed by atoms with E-state index < -0.39 is 41.6 Å². The Morgan fingerprint density at radius 2 is 1.75 bits per heavy atom. The molecule has 0 saturated carbocycles. The highest BCUT2D eigenvalue weighted by Crippen LogP contribution is 2.26. The number of rotatable bonds is 6. The molecule has 3 heterocycles. The average molecular weight is 654 g/mol. The number of aromatic amines is 1. The van der Waals surface area contributed by atoms with E-state index in [4.69, 9.17) is 4.74 Å². The quantitative estimate of drug-likeness (QED) is 0.250. The van der Waals surface area contributed by atoms with Crippen molar-refractivity contribution in [2.75, 3.05) is 19.7 Å². The number of benzene rings is 3. The van der Waals surface area contributed by atoms with Crippen molar-refractivity contribution in [1.82, 2.24) is 25.8 Å². The smallest absolute Gasteiger partial charge is 0.255 e. The Balaban J connectivity index is 1.29. The summed E-state index contributed by atoms with van der Waals surface area (Å²) in [6.07, 6.45) is 3.18.